The largest absolute Gasteiger partial charge is 0.325 e. The zero-order valence-electron chi connectivity index (χ0n) is 19.7. The number of likely N-dealkylation sites (tertiary alicyclic amines) is 1. The lowest BCUT2D eigenvalue weighted by molar-refractivity contribution is 0.0814. The van der Waals surface area contributed by atoms with Crippen molar-refractivity contribution < 1.29 is 9.59 Å². The molecule has 1 atom stereocenters. The Morgan fingerprint density at radius 2 is 1.70 bits per heavy atom. The molecule has 7 nitrogen and oxygen atoms in total. The van der Waals surface area contributed by atoms with Crippen molar-refractivity contribution in [1.29, 1.82) is 0 Å². The Bertz CT molecular complexity index is 1020. The van der Waals surface area contributed by atoms with E-state index < -0.39 is 0 Å². The molecule has 2 aromatic rings. The number of Topliss-reactive ketones (excluding diaryl/α,β-unsaturated/α-hetero) is 1. The zero-order chi connectivity index (χ0) is 23.5. The van der Waals surface area contributed by atoms with E-state index in [-0.39, 0.29) is 24.3 Å². The smallest absolute Gasteiger partial charge is 0.320 e. The van der Waals surface area contributed by atoms with Crippen molar-refractivity contribution in [2.24, 2.45) is 0 Å². The van der Waals surface area contributed by atoms with Crippen molar-refractivity contribution in [2.45, 2.75) is 52.6 Å². The molecule has 0 unspecified atom stereocenters. The Hall–Kier alpha value is -2.51. The van der Waals surface area contributed by atoms with Gasteiger partial charge in [-0.3, -0.25) is 9.69 Å². The third-order valence-electron chi connectivity index (χ3n) is 6.77. The van der Waals surface area contributed by atoms with Crippen LogP contribution in [0, 0.1) is 13.8 Å². The van der Waals surface area contributed by atoms with E-state index in [1.165, 1.54) is 0 Å². The molecule has 8 heteroatoms. The van der Waals surface area contributed by atoms with Crippen LogP contribution in [0.5, 0.6) is 0 Å². The molecule has 2 aliphatic rings. The second-order valence-electron chi connectivity index (χ2n) is 9.22. The highest BCUT2D eigenvalue weighted by atomic mass is 35.5. The summed E-state index contributed by atoms with van der Waals surface area (Å²) in [5.41, 5.74) is 3.65. The molecule has 0 saturated carbocycles. The van der Waals surface area contributed by atoms with E-state index in [0.29, 0.717) is 16.4 Å². The van der Waals surface area contributed by atoms with E-state index in [4.69, 9.17) is 11.6 Å². The molecule has 2 amide bonds. The first kappa shape index (κ1) is 23.6. The van der Waals surface area contributed by atoms with Crippen molar-refractivity contribution in [1.82, 2.24) is 24.7 Å². The molecule has 2 aliphatic heterocycles. The molecule has 2 saturated heterocycles. The molecule has 1 aromatic carbocycles. The highest BCUT2D eigenvalue weighted by molar-refractivity contribution is 6.30. The van der Waals surface area contributed by atoms with Crippen molar-refractivity contribution in [3.8, 4) is 0 Å². The Labute approximate surface area is 200 Å². The molecule has 176 valence electrons. The predicted octanol–water partition coefficient (Wildman–Crippen LogP) is 3.89. The number of aromatic nitrogens is 2. The second kappa shape index (κ2) is 10.2. The maximum Gasteiger partial charge on any atom is 0.320 e. The van der Waals surface area contributed by atoms with E-state index >= 15 is 0 Å². The quantitative estimate of drug-likeness (QED) is 0.621. The molecule has 2 fully saturated rings. The summed E-state index contributed by atoms with van der Waals surface area (Å²) >= 11 is 6.44. The molecule has 0 aliphatic carbocycles. The number of rotatable bonds is 5. The lowest BCUT2D eigenvalue weighted by atomic mass is 9.96. The van der Waals surface area contributed by atoms with Crippen LogP contribution in [0.25, 0.3) is 0 Å². The fraction of sp³-hybridized carbons (Fsp3) is 0.520. The van der Waals surface area contributed by atoms with Crippen molar-refractivity contribution >= 4 is 23.4 Å². The highest BCUT2D eigenvalue weighted by Gasteiger charge is 2.31. The third kappa shape index (κ3) is 5.53. The normalized spacial score (nSPS) is 19.2. The van der Waals surface area contributed by atoms with Crippen LogP contribution in [0.15, 0.2) is 24.5 Å². The summed E-state index contributed by atoms with van der Waals surface area (Å²) in [7, 11) is 0. The number of amides is 2. The number of carbonyl (C=O) groups is 2. The van der Waals surface area contributed by atoms with Crippen LogP contribution in [0.4, 0.5) is 4.79 Å². The average molecular weight is 470 g/mol. The van der Waals surface area contributed by atoms with E-state index in [9.17, 15) is 9.59 Å². The maximum absolute atomic E-state index is 12.8. The number of halogens is 1. The number of urea groups is 1. The predicted molar refractivity (Wildman–Crippen MR) is 129 cm³/mol. The van der Waals surface area contributed by atoms with Gasteiger partial charge in [0.1, 0.15) is 5.82 Å². The minimum Gasteiger partial charge on any atom is -0.325 e. The Morgan fingerprint density at radius 1 is 1.03 bits per heavy atom. The zero-order valence-corrected chi connectivity index (χ0v) is 20.4. The van der Waals surface area contributed by atoms with Gasteiger partial charge in [0.2, 0.25) is 0 Å². The Balaban J connectivity index is 1.42. The van der Waals surface area contributed by atoms with E-state index in [1.807, 2.05) is 21.9 Å². The van der Waals surface area contributed by atoms with Gasteiger partial charge in [0, 0.05) is 69.1 Å². The van der Waals surface area contributed by atoms with Crippen LogP contribution in [-0.2, 0) is 13.0 Å². The molecule has 0 N–H and O–H groups in total. The summed E-state index contributed by atoms with van der Waals surface area (Å²) in [6, 6.07) is 4.21. The minimum atomic E-state index is -0.0195. The second-order valence-corrected chi connectivity index (χ2v) is 9.66. The average Bonchev–Trinajstić information content (AvgIpc) is 3.32. The summed E-state index contributed by atoms with van der Waals surface area (Å²) in [4.78, 5) is 40.2. The van der Waals surface area contributed by atoms with Crippen molar-refractivity contribution in [3.63, 3.8) is 0 Å². The number of carbonyl (C=O) groups excluding carboxylic acids is 2. The molecule has 3 heterocycles. The van der Waals surface area contributed by atoms with Crippen LogP contribution < -0.4 is 0 Å². The number of hydrogen-bond acceptors (Lipinski definition) is 5. The van der Waals surface area contributed by atoms with Gasteiger partial charge < -0.3 is 9.80 Å². The third-order valence-corrected chi connectivity index (χ3v) is 6.99. The van der Waals surface area contributed by atoms with Crippen LogP contribution in [-0.4, -0.2) is 75.2 Å². The van der Waals surface area contributed by atoms with Gasteiger partial charge in [-0.1, -0.05) is 11.6 Å². The number of piperazine rings is 1. The van der Waals surface area contributed by atoms with Crippen molar-refractivity contribution in [2.75, 3.05) is 32.7 Å². The molecule has 0 bridgehead atoms. The SMILES string of the molecule is Cc1ncc(C(=O)Cc2cc(Cl)cc(CN3CCN(C(=O)N4CCCC4)[C@@H](C)C3)c2C)cn1. The first-order valence-corrected chi connectivity index (χ1v) is 12.1. The van der Waals surface area contributed by atoms with Crippen LogP contribution in [0.2, 0.25) is 5.02 Å². The van der Waals surface area contributed by atoms with Crippen LogP contribution >= 0.6 is 11.6 Å². The van der Waals surface area contributed by atoms with E-state index in [0.717, 1.165) is 68.8 Å². The van der Waals surface area contributed by atoms with Gasteiger partial charge in [-0.25, -0.2) is 14.8 Å². The molecule has 33 heavy (non-hydrogen) atoms. The lowest BCUT2D eigenvalue weighted by Crippen LogP contribution is -2.56. The van der Waals surface area contributed by atoms with Crippen molar-refractivity contribution in [3.05, 3.63) is 57.6 Å². The molecular formula is C25H32ClN5O2. The van der Waals surface area contributed by atoms with E-state index in [1.54, 1.807) is 19.3 Å². The Kier molecular flexibility index (Phi) is 7.29. The van der Waals surface area contributed by atoms with Crippen LogP contribution in [0.3, 0.4) is 0 Å². The van der Waals surface area contributed by atoms with Gasteiger partial charge in [-0.15, -0.1) is 0 Å². The highest BCUT2D eigenvalue weighted by Crippen LogP contribution is 2.25. The number of nitrogens with zero attached hydrogens (tertiary/aromatic N) is 5. The van der Waals surface area contributed by atoms with Gasteiger partial charge in [0.25, 0.3) is 0 Å². The lowest BCUT2D eigenvalue weighted by Gasteiger charge is -2.41. The number of hydrogen-bond donors (Lipinski definition) is 0. The topological polar surface area (TPSA) is 69.6 Å². The summed E-state index contributed by atoms with van der Waals surface area (Å²) < 4.78 is 0. The molecule has 1 aromatic heterocycles. The molecule has 4 rings (SSSR count). The fourth-order valence-electron chi connectivity index (χ4n) is 4.75. The number of aryl methyl sites for hydroxylation is 1. The minimum absolute atomic E-state index is 0.0195. The molecular weight excluding hydrogens is 438 g/mol. The molecule has 0 spiro atoms. The first-order chi connectivity index (χ1) is 15.8. The van der Waals surface area contributed by atoms with Gasteiger partial charge >= 0.3 is 6.03 Å². The summed E-state index contributed by atoms with van der Waals surface area (Å²) in [5, 5.41) is 0.634. The summed E-state index contributed by atoms with van der Waals surface area (Å²) in [6.45, 7) is 10.9. The summed E-state index contributed by atoms with van der Waals surface area (Å²) in [6.07, 6.45) is 5.64. The first-order valence-electron chi connectivity index (χ1n) is 11.7. The standard InChI is InChI=1S/C25H32ClN5O2/c1-17-15-29(8-9-31(17)25(33)30-6-4-5-7-30)16-21-11-23(26)10-20(18(21)2)12-24(32)22-13-27-19(3)28-14-22/h10-11,13-14,17H,4-9,12,15-16H2,1-3H3/t17-/m0/s1. The van der Waals surface area contributed by atoms with Gasteiger partial charge in [0.15, 0.2) is 5.78 Å². The van der Waals surface area contributed by atoms with Gasteiger partial charge in [0.05, 0.1) is 5.56 Å². The fourth-order valence-corrected chi connectivity index (χ4v) is 5.01. The van der Waals surface area contributed by atoms with Gasteiger partial charge in [-0.2, -0.15) is 0 Å². The molecule has 0 radical (unpaired) electrons. The number of ketones is 1. The maximum atomic E-state index is 12.8. The monoisotopic (exact) mass is 469 g/mol. The number of benzene rings is 1. The van der Waals surface area contributed by atoms with Gasteiger partial charge in [-0.05, 0) is 62.4 Å². The Morgan fingerprint density at radius 3 is 2.36 bits per heavy atom. The van der Waals surface area contributed by atoms with Crippen LogP contribution in [0.1, 0.15) is 52.6 Å². The van der Waals surface area contributed by atoms with E-state index in [2.05, 4.69) is 28.7 Å². The summed E-state index contributed by atoms with van der Waals surface area (Å²) in [5.74, 6) is 0.623.